The third kappa shape index (κ3) is 3.02. The van der Waals surface area contributed by atoms with E-state index in [2.05, 4.69) is 27.7 Å². The van der Waals surface area contributed by atoms with Gasteiger partial charge in [0.1, 0.15) is 11.0 Å². The van der Waals surface area contributed by atoms with Crippen LogP contribution in [-0.4, -0.2) is 55.2 Å². The maximum atomic E-state index is 5.41. The Hall–Kier alpha value is -2.22. The Morgan fingerprint density at radius 3 is 2.77 bits per heavy atom. The van der Waals surface area contributed by atoms with E-state index in [0.717, 1.165) is 41.8 Å². The van der Waals surface area contributed by atoms with Gasteiger partial charge in [0.05, 0.1) is 25.1 Å². The van der Waals surface area contributed by atoms with Crippen LogP contribution >= 0.6 is 11.5 Å². The number of piperazine rings is 1. The highest BCUT2D eigenvalue weighted by atomic mass is 32.1. The number of nitrogens with zero attached hydrogens (tertiary/aromatic N) is 3. The summed E-state index contributed by atoms with van der Waals surface area (Å²) in [6.07, 6.45) is 1.91. The molecule has 0 radical (unpaired) electrons. The first-order valence-electron chi connectivity index (χ1n) is 8.60. The number of nitrogens with one attached hydrogen (secondary N) is 1. The SMILES string of the molecule is COc1ccc(-c2cnc3c(C4CNCCN4C)snc3c2)cc1OC. The van der Waals surface area contributed by atoms with Crippen LogP contribution in [0.15, 0.2) is 30.5 Å². The lowest BCUT2D eigenvalue weighted by molar-refractivity contribution is 0.206. The second-order valence-corrected chi connectivity index (χ2v) is 7.21. The van der Waals surface area contributed by atoms with Gasteiger partial charge in [0, 0.05) is 31.4 Å². The van der Waals surface area contributed by atoms with Crippen molar-refractivity contribution >= 4 is 22.6 Å². The number of fused-ring (bicyclic) bond motifs is 1. The molecule has 6 nitrogen and oxygen atoms in total. The van der Waals surface area contributed by atoms with E-state index < -0.39 is 0 Å². The van der Waals surface area contributed by atoms with Crippen LogP contribution in [-0.2, 0) is 0 Å². The number of hydrogen-bond acceptors (Lipinski definition) is 7. The van der Waals surface area contributed by atoms with Gasteiger partial charge in [-0.05, 0) is 42.3 Å². The number of ether oxygens (including phenoxy) is 2. The van der Waals surface area contributed by atoms with Crippen molar-refractivity contribution in [1.82, 2.24) is 19.6 Å². The molecule has 0 spiro atoms. The van der Waals surface area contributed by atoms with Gasteiger partial charge in [0.2, 0.25) is 0 Å². The van der Waals surface area contributed by atoms with Gasteiger partial charge in [0.15, 0.2) is 11.5 Å². The van der Waals surface area contributed by atoms with Crippen LogP contribution in [0.25, 0.3) is 22.2 Å². The average Bonchev–Trinajstić information content (AvgIpc) is 3.10. The summed E-state index contributed by atoms with van der Waals surface area (Å²) in [6.45, 7) is 3.00. The van der Waals surface area contributed by atoms with Gasteiger partial charge in [-0.25, -0.2) is 0 Å². The van der Waals surface area contributed by atoms with Gasteiger partial charge < -0.3 is 14.8 Å². The molecule has 1 N–H and O–H groups in total. The molecule has 1 aromatic carbocycles. The Bertz CT molecular complexity index is 927. The molecule has 3 aromatic rings. The first-order valence-corrected chi connectivity index (χ1v) is 9.37. The molecular weight excluding hydrogens is 348 g/mol. The molecule has 1 saturated heterocycles. The molecular formula is C19H22N4O2S. The van der Waals surface area contributed by atoms with Gasteiger partial charge >= 0.3 is 0 Å². The summed E-state index contributed by atoms with van der Waals surface area (Å²) in [6, 6.07) is 8.32. The lowest BCUT2D eigenvalue weighted by atomic mass is 10.1. The lowest BCUT2D eigenvalue weighted by Gasteiger charge is -2.32. The molecule has 1 aliphatic heterocycles. The Balaban J connectivity index is 1.71. The van der Waals surface area contributed by atoms with Gasteiger partial charge in [-0.15, -0.1) is 0 Å². The predicted molar refractivity (Wildman–Crippen MR) is 104 cm³/mol. The fourth-order valence-electron chi connectivity index (χ4n) is 3.35. The molecule has 4 rings (SSSR count). The molecule has 136 valence electrons. The van der Waals surface area contributed by atoms with Crippen molar-refractivity contribution in [2.75, 3.05) is 40.9 Å². The van der Waals surface area contributed by atoms with Crippen molar-refractivity contribution in [2.24, 2.45) is 0 Å². The first kappa shape index (κ1) is 17.2. The van der Waals surface area contributed by atoms with E-state index >= 15 is 0 Å². The summed E-state index contributed by atoms with van der Waals surface area (Å²) < 4.78 is 15.4. The molecule has 0 amide bonds. The Labute approximate surface area is 156 Å². The van der Waals surface area contributed by atoms with E-state index in [9.17, 15) is 0 Å². The summed E-state index contributed by atoms with van der Waals surface area (Å²) in [7, 11) is 5.44. The standard InChI is InChI=1S/C19H22N4O2S/c1-23-7-6-20-11-15(23)19-18-14(22-26-19)8-13(10-21-18)12-4-5-16(24-2)17(9-12)25-3/h4-5,8-10,15,20H,6-7,11H2,1-3H3. The smallest absolute Gasteiger partial charge is 0.161 e. The molecule has 0 aliphatic carbocycles. The third-order valence-electron chi connectivity index (χ3n) is 4.87. The zero-order chi connectivity index (χ0) is 18.1. The Morgan fingerprint density at radius 2 is 2.00 bits per heavy atom. The monoisotopic (exact) mass is 370 g/mol. The van der Waals surface area contributed by atoms with E-state index in [1.54, 1.807) is 25.8 Å². The van der Waals surface area contributed by atoms with E-state index in [1.807, 2.05) is 24.4 Å². The van der Waals surface area contributed by atoms with Crippen LogP contribution in [0, 0.1) is 0 Å². The van der Waals surface area contributed by atoms with E-state index in [1.165, 1.54) is 4.88 Å². The van der Waals surface area contributed by atoms with Crippen LogP contribution in [0.1, 0.15) is 10.9 Å². The summed E-state index contributed by atoms with van der Waals surface area (Å²) in [5.74, 6) is 1.42. The number of benzene rings is 1. The van der Waals surface area contributed by atoms with Crippen molar-refractivity contribution in [3.63, 3.8) is 0 Å². The number of pyridine rings is 1. The van der Waals surface area contributed by atoms with Gasteiger partial charge in [-0.1, -0.05) is 6.07 Å². The quantitative estimate of drug-likeness (QED) is 0.762. The fraction of sp³-hybridized carbons (Fsp3) is 0.368. The fourth-order valence-corrected chi connectivity index (χ4v) is 4.31. The predicted octanol–water partition coefficient (Wildman–Crippen LogP) is 2.95. The van der Waals surface area contributed by atoms with Gasteiger partial charge in [-0.3, -0.25) is 9.88 Å². The maximum absolute atomic E-state index is 5.41. The van der Waals surface area contributed by atoms with Crippen molar-refractivity contribution in [3.8, 4) is 22.6 Å². The van der Waals surface area contributed by atoms with Crippen molar-refractivity contribution in [2.45, 2.75) is 6.04 Å². The Morgan fingerprint density at radius 1 is 1.15 bits per heavy atom. The lowest BCUT2D eigenvalue weighted by Crippen LogP contribution is -2.43. The van der Waals surface area contributed by atoms with Crippen molar-refractivity contribution in [3.05, 3.63) is 35.3 Å². The number of aromatic nitrogens is 2. The molecule has 2 aromatic heterocycles. The van der Waals surface area contributed by atoms with Crippen LogP contribution in [0.5, 0.6) is 11.5 Å². The van der Waals surface area contributed by atoms with Crippen molar-refractivity contribution < 1.29 is 9.47 Å². The van der Waals surface area contributed by atoms with Gasteiger partial charge in [0.25, 0.3) is 0 Å². The molecule has 26 heavy (non-hydrogen) atoms. The van der Waals surface area contributed by atoms with E-state index in [4.69, 9.17) is 14.5 Å². The zero-order valence-electron chi connectivity index (χ0n) is 15.2. The van der Waals surface area contributed by atoms with Gasteiger partial charge in [-0.2, -0.15) is 4.37 Å². The molecule has 1 unspecified atom stereocenters. The highest BCUT2D eigenvalue weighted by molar-refractivity contribution is 7.07. The van der Waals surface area contributed by atoms with E-state index in [-0.39, 0.29) is 0 Å². The largest absolute Gasteiger partial charge is 0.493 e. The maximum Gasteiger partial charge on any atom is 0.161 e. The molecule has 0 bridgehead atoms. The zero-order valence-corrected chi connectivity index (χ0v) is 16.0. The van der Waals surface area contributed by atoms with E-state index in [0.29, 0.717) is 17.5 Å². The summed E-state index contributed by atoms with van der Waals surface area (Å²) in [5, 5.41) is 3.46. The summed E-state index contributed by atoms with van der Waals surface area (Å²) >= 11 is 1.55. The van der Waals surface area contributed by atoms with Crippen molar-refractivity contribution in [1.29, 1.82) is 0 Å². The minimum absolute atomic E-state index is 0.332. The molecule has 1 atom stereocenters. The summed E-state index contributed by atoms with van der Waals surface area (Å²) in [4.78, 5) is 8.35. The minimum atomic E-state index is 0.332. The highest BCUT2D eigenvalue weighted by Gasteiger charge is 2.25. The van der Waals surface area contributed by atoms with Crippen LogP contribution in [0.3, 0.4) is 0 Å². The second-order valence-electron chi connectivity index (χ2n) is 6.41. The second kappa shape index (κ2) is 7.19. The van der Waals surface area contributed by atoms with Crippen LogP contribution in [0.2, 0.25) is 0 Å². The first-order chi connectivity index (χ1) is 12.7. The third-order valence-corrected chi connectivity index (χ3v) is 5.82. The highest BCUT2D eigenvalue weighted by Crippen LogP contribution is 2.35. The van der Waals surface area contributed by atoms with Crippen LogP contribution in [0.4, 0.5) is 0 Å². The number of methoxy groups -OCH3 is 2. The molecule has 7 heteroatoms. The molecule has 0 saturated carbocycles. The molecule has 1 fully saturated rings. The normalized spacial score (nSPS) is 18.2. The Kier molecular flexibility index (Phi) is 4.76. The summed E-state index contributed by atoms with van der Waals surface area (Å²) in [5.41, 5.74) is 3.99. The number of hydrogen-bond donors (Lipinski definition) is 1. The molecule has 3 heterocycles. The topological polar surface area (TPSA) is 59.5 Å². The number of rotatable bonds is 4. The number of likely N-dealkylation sites (N-methyl/N-ethyl adjacent to an activating group) is 1. The average molecular weight is 370 g/mol. The molecule has 1 aliphatic rings. The minimum Gasteiger partial charge on any atom is -0.493 e. The van der Waals surface area contributed by atoms with Crippen LogP contribution < -0.4 is 14.8 Å².